The molecule has 0 radical (unpaired) electrons. The fourth-order valence-electron chi connectivity index (χ4n) is 0.459. The molecule has 0 fully saturated rings. The van der Waals surface area contributed by atoms with Gasteiger partial charge in [0.15, 0.2) is 5.78 Å². The Kier molecular flexibility index (Phi) is 3.74. The van der Waals surface area contributed by atoms with Crippen LogP contribution < -0.4 is 5.73 Å². The van der Waals surface area contributed by atoms with Crippen molar-refractivity contribution < 1.29 is 4.79 Å². The van der Waals surface area contributed by atoms with Crippen LogP contribution >= 0.6 is 0 Å². The summed E-state index contributed by atoms with van der Waals surface area (Å²) in [4.78, 5) is 10.7. The SMILES string of the molecule is C#CCC(=O)C(N)CC. The van der Waals surface area contributed by atoms with E-state index in [0.717, 1.165) is 0 Å². The van der Waals surface area contributed by atoms with Gasteiger partial charge in [0.2, 0.25) is 0 Å². The Morgan fingerprint density at radius 3 is 2.78 bits per heavy atom. The average molecular weight is 125 g/mol. The maximum Gasteiger partial charge on any atom is 0.161 e. The Hall–Kier alpha value is -0.810. The van der Waals surface area contributed by atoms with Crippen LogP contribution in [0.2, 0.25) is 0 Å². The van der Waals surface area contributed by atoms with Gasteiger partial charge in [-0.05, 0) is 6.42 Å². The minimum absolute atomic E-state index is 0.0417. The largest absolute Gasteiger partial charge is 0.321 e. The van der Waals surface area contributed by atoms with Crippen LogP contribution in [-0.2, 0) is 4.79 Å². The molecule has 50 valence electrons. The summed E-state index contributed by atoms with van der Waals surface area (Å²) < 4.78 is 0. The summed E-state index contributed by atoms with van der Waals surface area (Å²) in [6, 6.07) is -0.360. The Morgan fingerprint density at radius 2 is 2.44 bits per heavy atom. The number of hydrogen-bond acceptors (Lipinski definition) is 2. The van der Waals surface area contributed by atoms with Crippen LogP contribution in [0.3, 0.4) is 0 Å². The maximum absolute atomic E-state index is 10.7. The topological polar surface area (TPSA) is 43.1 Å². The van der Waals surface area contributed by atoms with Crippen LogP contribution in [0.15, 0.2) is 0 Å². The maximum atomic E-state index is 10.7. The summed E-state index contributed by atoms with van der Waals surface area (Å²) in [5.74, 6) is 2.21. The molecule has 0 rings (SSSR count). The molecule has 0 aromatic heterocycles. The van der Waals surface area contributed by atoms with E-state index >= 15 is 0 Å². The Bertz CT molecular complexity index is 134. The first-order valence-corrected chi connectivity index (χ1v) is 2.94. The zero-order chi connectivity index (χ0) is 7.28. The smallest absolute Gasteiger partial charge is 0.161 e. The summed E-state index contributed by atoms with van der Waals surface area (Å²) in [5.41, 5.74) is 5.36. The van der Waals surface area contributed by atoms with Crippen LogP contribution in [-0.4, -0.2) is 11.8 Å². The highest BCUT2D eigenvalue weighted by Crippen LogP contribution is 1.90. The third kappa shape index (κ3) is 2.89. The molecule has 0 saturated carbocycles. The van der Waals surface area contributed by atoms with Crippen LogP contribution in [0.25, 0.3) is 0 Å². The number of terminal acetylenes is 1. The molecule has 2 heteroatoms. The van der Waals surface area contributed by atoms with Crippen LogP contribution in [0.4, 0.5) is 0 Å². The van der Waals surface area contributed by atoms with Crippen molar-refractivity contribution in [3.05, 3.63) is 0 Å². The molecule has 0 bridgehead atoms. The molecule has 9 heavy (non-hydrogen) atoms. The molecule has 0 amide bonds. The molecular weight excluding hydrogens is 114 g/mol. The zero-order valence-corrected chi connectivity index (χ0v) is 5.55. The minimum atomic E-state index is -0.360. The van der Waals surface area contributed by atoms with E-state index in [1.807, 2.05) is 6.92 Å². The van der Waals surface area contributed by atoms with Crippen molar-refractivity contribution in [1.82, 2.24) is 0 Å². The Morgan fingerprint density at radius 1 is 1.89 bits per heavy atom. The van der Waals surface area contributed by atoms with Crippen molar-refractivity contribution in [2.75, 3.05) is 0 Å². The second-order valence-electron chi connectivity index (χ2n) is 1.86. The summed E-state index contributed by atoms with van der Waals surface area (Å²) in [5, 5.41) is 0. The third-order valence-corrected chi connectivity index (χ3v) is 1.13. The van der Waals surface area contributed by atoms with Gasteiger partial charge in [0, 0.05) is 0 Å². The second kappa shape index (κ2) is 4.11. The number of hydrogen-bond donors (Lipinski definition) is 1. The fraction of sp³-hybridized carbons (Fsp3) is 0.571. The second-order valence-corrected chi connectivity index (χ2v) is 1.86. The van der Waals surface area contributed by atoms with Gasteiger partial charge in [-0.1, -0.05) is 12.8 Å². The summed E-state index contributed by atoms with van der Waals surface area (Å²) >= 11 is 0. The zero-order valence-electron chi connectivity index (χ0n) is 5.55. The third-order valence-electron chi connectivity index (χ3n) is 1.13. The van der Waals surface area contributed by atoms with Gasteiger partial charge in [-0.3, -0.25) is 4.79 Å². The lowest BCUT2D eigenvalue weighted by molar-refractivity contribution is -0.119. The van der Waals surface area contributed by atoms with Gasteiger partial charge in [0.05, 0.1) is 12.5 Å². The molecule has 0 aromatic rings. The van der Waals surface area contributed by atoms with Crippen LogP contribution in [0.5, 0.6) is 0 Å². The van der Waals surface area contributed by atoms with Crippen molar-refractivity contribution in [3.63, 3.8) is 0 Å². The number of ketones is 1. The van der Waals surface area contributed by atoms with Crippen LogP contribution in [0, 0.1) is 12.3 Å². The lowest BCUT2D eigenvalue weighted by Crippen LogP contribution is -2.28. The van der Waals surface area contributed by atoms with Crippen LogP contribution in [0.1, 0.15) is 19.8 Å². The predicted molar refractivity (Wildman–Crippen MR) is 36.7 cm³/mol. The molecular formula is C7H11NO. The fourth-order valence-corrected chi connectivity index (χ4v) is 0.459. The van der Waals surface area contributed by atoms with Gasteiger partial charge >= 0.3 is 0 Å². The van der Waals surface area contributed by atoms with Gasteiger partial charge in [-0.25, -0.2) is 0 Å². The van der Waals surface area contributed by atoms with Gasteiger partial charge in [0.1, 0.15) is 0 Å². The molecule has 0 aliphatic rings. The monoisotopic (exact) mass is 125 g/mol. The summed E-state index contributed by atoms with van der Waals surface area (Å²) in [6.07, 6.45) is 5.72. The molecule has 0 aliphatic carbocycles. The first-order chi connectivity index (χ1) is 4.22. The van der Waals surface area contributed by atoms with Crippen molar-refractivity contribution in [1.29, 1.82) is 0 Å². The molecule has 0 aromatic carbocycles. The highest BCUT2D eigenvalue weighted by Gasteiger charge is 2.07. The number of carbonyl (C=O) groups excluding carboxylic acids is 1. The molecule has 1 unspecified atom stereocenters. The highest BCUT2D eigenvalue weighted by atomic mass is 16.1. The van der Waals surface area contributed by atoms with E-state index in [9.17, 15) is 4.79 Å². The van der Waals surface area contributed by atoms with E-state index in [2.05, 4.69) is 5.92 Å². The van der Waals surface area contributed by atoms with E-state index in [0.29, 0.717) is 6.42 Å². The van der Waals surface area contributed by atoms with E-state index in [-0.39, 0.29) is 18.2 Å². The molecule has 0 spiro atoms. The normalized spacial score (nSPS) is 12.1. The van der Waals surface area contributed by atoms with Gasteiger partial charge < -0.3 is 5.73 Å². The summed E-state index contributed by atoms with van der Waals surface area (Å²) in [7, 11) is 0. The van der Waals surface area contributed by atoms with Crippen molar-refractivity contribution in [3.8, 4) is 12.3 Å². The van der Waals surface area contributed by atoms with Crippen molar-refractivity contribution in [2.24, 2.45) is 5.73 Å². The number of rotatable bonds is 3. The van der Waals surface area contributed by atoms with Crippen molar-refractivity contribution >= 4 is 5.78 Å². The molecule has 2 nitrogen and oxygen atoms in total. The number of nitrogens with two attached hydrogens (primary N) is 1. The van der Waals surface area contributed by atoms with E-state index in [1.54, 1.807) is 0 Å². The lowest BCUT2D eigenvalue weighted by Gasteiger charge is -2.02. The lowest BCUT2D eigenvalue weighted by atomic mass is 10.1. The average Bonchev–Trinajstić information content (AvgIpc) is 1.87. The molecule has 2 N–H and O–H groups in total. The molecule has 0 heterocycles. The van der Waals surface area contributed by atoms with E-state index in [4.69, 9.17) is 12.2 Å². The Labute approximate surface area is 55.4 Å². The standard InChI is InChI=1S/C7H11NO/c1-3-5-7(9)6(8)4-2/h1,6H,4-5,8H2,2H3. The number of Topliss-reactive ketones (excluding diaryl/α,β-unsaturated/α-hetero) is 1. The quantitative estimate of drug-likeness (QED) is 0.552. The van der Waals surface area contributed by atoms with Gasteiger partial charge in [0.25, 0.3) is 0 Å². The van der Waals surface area contributed by atoms with Gasteiger partial charge in [-0.15, -0.1) is 6.42 Å². The molecule has 0 aliphatic heterocycles. The number of carbonyl (C=O) groups is 1. The Balaban J connectivity index is 3.62. The van der Waals surface area contributed by atoms with E-state index < -0.39 is 0 Å². The summed E-state index contributed by atoms with van der Waals surface area (Å²) in [6.45, 7) is 1.86. The van der Waals surface area contributed by atoms with Gasteiger partial charge in [-0.2, -0.15) is 0 Å². The minimum Gasteiger partial charge on any atom is -0.321 e. The molecule has 1 atom stereocenters. The first kappa shape index (κ1) is 8.19. The molecule has 0 saturated heterocycles. The van der Waals surface area contributed by atoms with E-state index in [1.165, 1.54) is 0 Å². The first-order valence-electron chi connectivity index (χ1n) is 2.94. The predicted octanol–water partition coefficient (Wildman–Crippen LogP) is 0.316. The highest BCUT2D eigenvalue weighted by molar-refractivity contribution is 5.85. The van der Waals surface area contributed by atoms with Crippen molar-refractivity contribution in [2.45, 2.75) is 25.8 Å².